The molecule has 2 aliphatic rings. The lowest BCUT2D eigenvalue weighted by Crippen LogP contribution is -2.42. The third kappa shape index (κ3) is 4.14. The third-order valence-corrected chi connectivity index (χ3v) is 6.48. The maximum Gasteiger partial charge on any atom is 0.295 e. The van der Waals surface area contributed by atoms with Gasteiger partial charge >= 0.3 is 0 Å². The molecule has 1 atom stereocenters. The lowest BCUT2D eigenvalue weighted by molar-refractivity contribution is -0.140. The lowest BCUT2D eigenvalue weighted by Gasteiger charge is -2.31. The Bertz CT molecular complexity index is 1100. The fourth-order valence-corrected chi connectivity index (χ4v) is 4.65. The van der Waals surface area contributed by atoms with Crippen LogP contribution in [-0.2, 0) is 21.4 Å². The van der Waals surface area contributed by atoms with Crippen LogP contribution in [0.1, 0.15) is 28.6 Å². The van der Waals surface area contributed by atoms with E-state index in [1.807, 2.05) is 25.1 Å². The van der Waals surface area contributed by atoms with E-state index in [2.05, 4.69) is 10.00 Å². The van der Waals surface area contributed by atoms with Gasteiger partial charge in [0.2, 0.25) is 0 Å². The average molecular weight is 455 g/mol. The Hall–Kier alpha value is -3.17. The number of Topliss-reactive ketones (excluding diaryl/α,β-unsaturated/α-hetero) is 1. The summed E-state index contributed by atoms with van der Waals surface area (Å²) in [6.07, 6.45) is 0. The smallest absolute Gasteiger partial charge is 0.295 e. The highest BCUT2D eigenvalue weighted by atomic mass is 16.5. The predicted molar refractivity (Wildman–Crippen MR) is 122 cm³/mol. The number of morpholine rings is 1. The van der Waals surface area contributed by atoms with Crippen molar-refractivity contribution in [3.63, 3.8) is 0 Å². The average Bonchev–Trinajstić information content (AvgIpc) is 3.23. The zero-order valence-corrected chi connectivity index (χ0v) is 19.5. The first-order valence-corrected chi connectivity index (χ1v) is 11.1. The van der Waals surface area contributed by atoms with Crippen molar-refractivity contribution in [1.29, 1.82) is 0 Å². The molecule has 9 heteroatoms. The van der Waals surface area contributed by atoms with Crippen molar-refractivity contribution in [1.82, 2.24) is 19.6 Å². The van der Waals surface area contributed by atoms with Crippen LogP contribution in [0.5, 0.6) is 5.75 Å². The van der Waals surface area contributed by atoms with Gasteiger partial charge in [-0.05, 0) is 19.9 Å². The van der Waals surface area contributed by atoms with Gasteiger partial charge in [-0.3, -0.25) is 19.2 Å². The Balaban J connectivity index is 1.82. The van der Waals surface area contributed by atoms with E-state index < -0.39 is 17.7 Å². The van der Waals surface area contributed by atoms with Crippen molar-refractivity contribution >= 4 is 17.4 Å². The number of amides is 1. The highest BCUT2D eigenvalue weighted by Crippen LogP contribution is 2.43. The number of ether oxygens (including phenoxy) is 2. The van der Waals surface area contributed by atoms with E-state index in [-0.39, 0.29) is 11.3 Å². The second kappa shape index (κ2) is 9.36. The van der Waals surface area contributed by atoms with Crippen molar-refractivity contribution in [3.8, 4) is 5.75 Å². The Kier molecular flexibility index (Phi) is 6.53. The Labute approximate surface area is 193 Å². The van der Waals surface area contributed by atoms with Gasteiger partial charge in [-0.25, -0.2) is 0 Å². The van der Waals surface area contributed by atoms with Gasteiger partial charge in [0.1, 0.15) is 11.5 Å². The van der Waals surface area contributed by atoms with Gasteiger partial charge in [-0.15, -0.1) is 0 Å². The molecular weight excluding hydrogens is 424 g/mol. The summed E-state index contributed by atoms with van der Waals surface area (Å²) in [5.74, 6) is -0.986. The molecule has 2 fully saturated rings. The van der Waals surface area contributed by atoms with Crippen molar-refractivity contribution < 1.29 is 24.2 Å². The summed E-state index contributed by atoms with van der Waals surface area (Å²) < 4.78 is 12.6. The number of benzene rings is 1. The monoisotopic (exact) mass is 454 g/mol. The number of hydrogen-bond acceptors (Lipinski definition) is 7. The van der Waals surface area contributed by atoms with E-state index in [9.17, 15) is 14.7 Å². The molecule has 0 saturated carbocycles. The quantitative estimate of drug-likeness (QED) is 0.404. The Morgan fingerprint density at radius 2 is 1.88 bits per heavy atom. The number of likely N-dealkylation sites (tertiary alicyclic amines) is 1. The van der Waals surface area contributed by atoms with E-state index in [0.29, 0.717) is 54.6 Å². The molecule has 2 aromatic rings. The molecule has 2 saturated heterocycles. The standard InChI is InChI=1S/C24H30N4O5/c1-15-19(16(2)26(3)25-15)22(29)20-21(17-7-5-6-8-18(17)32-4)28(24(31)23(20)30)10-9-27-11-13-33-14-12-27/h5-8,21,29H,9-14H2,1-4H3/t21-/m0/s1. The van der Waals surface area contributed by atoms with E-state index in [0.717, 1.165) is 13.1 Å². The highest BCUT2D eigenvalue weighted by molar-refractivity contribution is 6.46. The van der Waals surface area contributed by atoms with Gasteiger partial charge in [0, 0.05) is 44.5 Å². The van der Waals surface area contributed by atoms with E-state index >= 15 is 0 Å². The summed E-state index contributed by atoms with van der Waals surface area (Å²) in [5, 5.41) is 15.7. The van der Waals surface area contributed by atoms with Crippen LogP contribution in [-0.4, -0.2) is 82.9 Å². The van der Waals surface area contributed by atoms with Crippen molar-refractivity contribution in [2.75, 3.05) is 46.5 Å². The number of methoxy groups -OCH3 is 1. The molecule has 0 bridgehead atoms. The predicted octanol–water partition coefficient (Wildman–Crippen LogP) is 1.80. The Morgan fingerprint density at radius 3 is 2.52 bits per heavy atom. The second-order valence-electron chi connectivity index (χ2n) is 8.36. The minimum absolute atomic E-state index is 0.0608. The van der Waals surface area contributed by atoms with E-state index in [4.69, 9.17) is 9.47 Å². The van der Waals surface area contributed by atoms with Crippen LogP contribution >= 0.6 is 0 Å². The van der Waals surface area contributed by atoms with Gasteiger partial charge in [0.15, 0.2) is 0 Å². The molecule has 0 unspecified atom stereocenters. The molecule has 2 aliphatic heterocycles. The number of aliphatic hydroxyl groups is 1. The van der Waals surface area contributed by atoms with Crippen LogP contribution in [0.2, 0.25) is 0 Å². The van der Waals surface area contributed by atoms with Gasteiger partial charge in [0.25, 0.3) is 11.7 Å². The summed E-state index contributed by atoms with van der Waals surface area (Å²) in [4.78, 5) is 30.2. The summed E-state index contributed by atoms with van der Waals surface area (Å²) in [6, 6.07) is 6.52. The summed E-state index contributed by atoms with van der Waals surface area (Å²) in [6.45, 7) is 7.38. The maximum absolute atomic E-state index is 13.3. The molecule has 0 radical (unpaired) electrons. The number of aryl methyl sites for hydroxylation is 2. The SMILES string of the molecule is COc1ccccc1[C@H]1C(=C(O)c2c(C)nn(C)c2C)C(=O)C(=O)N1CCN1CCOCC1. The van der Waals surface area contributed by atoms with Crippen LogP contribution in [0.4, 0.5) is 0 Å². The molecule has 33 heavy (non-hydrogen) atoms. The molecule has 1 N–H and O–H groups in total. The first-order chi connectivity index (χ1) is 15.8. The summed E-state index contributed by atoms with van der Waals surface area (Å²) in [7, 11) is 3.33. The van der Waals surface area contributed by atoms with Gasteiger partial charge in [-0.1, -0.05) is 18.2 Å². The third-order valence-electron chi connectivity index (χ3n) is 6.48. The molecule has 1 amide bonds. The van der Waals surface area contributed by atoms with Crippen LogP contribution < -0.4 is 4.74 Å². The zero-order chi connectivity index (χ0) is 23.7. The van der Waals surface area contributed by atoms with E-state index in [1.165, 1.54) is 0 Å². The number of ketones is 1. The number of carbonyl (C=O) groups is 2. The molecule has 176 valence electrons. The van der Waals surface area contributed by atoms with Crippen LogP contribution in [0.15, 0.2) is 29.8 Å². The lowest BCUT2D eigenvalue weighted by atomic mass is 9.94. The minimum atomic E-state index is -0.763. The maximum atomic E-state index is 13.3. The van der Waals surface area contributed by atoms with Crippen molar-refractivity contribution in [3.05, 3.63) is 52.4 Å². The van der Waals surface area contributed by atoms with Crippen molar-refractivity contribution in [2.24, 2.45) is 7.05 Å². The Morgan fingerprint density at radius 1 is 1.18 bits per heavy atom. The highest BCUT2D eigenvalue weighted by Gasteiger charge is 2.47. The number of aromatic nitrogens is 2. The first kappa shape index (κ1) is 23.0. The fraction of sp³-hybridized carbons (Fsp3) is 0.458. The zero-order valence-electron chi connectivity index (χ0n) is 19.5. The number of aliphatic hydroxyl groups excluding tert-OH is 1. The van der Waals surface area contributed by atoms with Crippen molar-refractivity contribution in [2.45, 2.75) is 19.9 Å². The molecule has 4 rings (SSSR count). The largest absolute Gasteiger partial charge is 0.507 e. The molecule has 9 nitrogen and oxygen atoms in total. The number of nitrogens with zero attached hydrogens (tertiary/aromatic N) is 4. The second-order valence-corrected chi connectivity index (χ2v) is 8.36. The molecule has 1 aromatic carbocycles. The topological polar surface area (TPSA) is 97.1 Å². The van der Waals surface area contributed by atoms with Crippen LogP contribution in [0, 0.1) is 13.8 Å². The number of para-hydroxylation sites is 1. The van der Waals surface area contributed by atoms with Gasteiger partial charge in [-0.2, -0.15) is 5.10 Å². The summed E-state index contributed by atoms with van der Waals surface area (Å²) in [5.41, 5.74) is 2.49. The van der Waals surface area contributed by atoms with E-state index in [1.54, 1.807) is 36.7 Å². The van der Waals surface area contributed by atoms with Crippen LogP contribution in [0.25, 0.3) is 5.76 Å². The fourth-order valence-electron chi connectivity index (χ4n) is 4.65. The minimum Gasteiger partial charge on any atom is -0.507 e. The number of carbonyl (C=O) groups excluding carboxylic acids is 2. The van der Waals surface area contributed by atoms with Gasteiger partial charge in [0.05, 0.1) is 43.2 Å². The molecular formula is C24H30N4O5. The number of hydrogen-bond donors (Lipinski definition) is 1. The first-order valence-electron chi connectivity index (χ1n) is 11.1. The van der Waals surface area contributed by atoms with Crippen LogP contribution in [0.3, 0.4) is 0 Å². The molecule has 0 aliphatic carbocycles. The normalized spacial score (nSPS) is 21.1. The molecule has 0 spiro atoms. The molecule has 1 aromatic heterocycles. The molecule has 3 heterocycles. The van der Waals surface area contributed by atoms with Gasteiger partial charge < -0.3 is 19.5 Å². The summed E-state index contributed by atoms with van der Waals surface area (Å²) >= 11 is 0. The number of rotatable bonds is 6.